The van der Waals surface area contributed by atoms with Gasteiger partial charge in [-0.25, -0.2) is 19.0 Å². The van der Waals surface area contributed by atoms with Crippen LogP contribution in [0.4, 0.5) is 25.5 Å². The summed E-state index contributed by atoms with van der Waals surface area (Å²) in [6, 6.07) is 7.30. The van der Waals surface area contributed by atoms with Crippen LogP contribution in [0.15, 0.2) is 30.3 Å². The molecule has 270 valence electrons. The molecule has 1 aliphatic carbocycles. The number of aromatic nitrogens is 3. The molecule has 4 aliphatic rings. The lowest BCUT2D eigenvalue weighted by molar-refractivity contribution is 0.0542. The van der Waals surface area contributed by atoms with Crippen molar-refractivity contribution in [3.63, 3.8) is 0 Å². The van der Waals surface area contributed by atoms with Gasteiger partial charge in [0.2, 0.25) is 5.88 Å². The molecular formula is C38H39FN6O7. The molecular weight excluding hydrogens is 671 g/mol. The SMILES string of the molecule is C#Cc1cccc2cc(NC(=O)OC(C)(C)C)cc(-c3nc4c5c(nc(O[C@@H]6CCC[C@H]6O)nc5c3F)N3CC5CCC(C3C(C)O4)N5C(=O)O)c12. The Labute approximate surface area is 299 Å². The fourth-order valence-corrected chi connectivity index (χ4v) is 8.36. The number of ether oxygens (including phenoxy) is 3. The van der Waals surface area contributed by atoms with Gasteiger partial charge in [-0.3, -0.25) is 10.2 Å². The summed E-state index contributed by atoms with van der Waals surface area (Å²) in [5, 5.41) is 24.9. The molecule has 3 aliphatic heterocycles. The third-order valence-electron chi connectivity index (χ3n) is 10.4. The number of amides is 2. The van der Waals surface area contributed by atoms with E-state index in [0.717, 1.165) is 6.42 Å². The quantitative estimate of drug-likeness (QED) is 0.211. The van der Waals surface area contributed by atoms with Gasteiger partial charge in [-0.15, -0.1) is 6.42 Å². The summed E-state index contributed by atoms with van der Waals surface area (Å²) in [6.45, 7) is 7.39. The number of hydrogen-bond donors (Lipinski definition) is 3. The lowest BCUT2D eigenvalue weighted by atomic mass is 9.95. The molecule has 1 saturated carbocycles. The van der Waals surface area contributed by atoms with Crippen LogP contribution < -0.4 is 19.7 Å². The van der Waals surface area contributed by atoms with Gasteiger partial charge in [0.05, 0.1) is 24.2 Å². The molecule has 2 aromatic heterocycles. The summed E-state index contributed by atoms with van der Waals surface area (Å²) in [4.78, 5) is 43.0. The normalized spacial score (nSPS) is 24.9. The molecule has 5 heterocycles. The van der Waals surface area contributed by atoms with Gasteiger partial charge in [-0.05, 0) is 83.4 Å². The number of hydrogen-bond acceptors (Lipinski definition) is 10. The minimum atomic E-state index is -1.00. The molecule has 2 bridgehead atoms. The van der Waals surface area contributed by atoms with E-state index < -0.39 is 54.0 Å². The van der Waals surface area contributed by atoms with E-state index in [-0.39, 0.29) is 40.1 Å². The minimum absolute atomic E-state index is 0.0605. The zero-order valence-corrected chi connectivity index (χ0v) is 29.2. The summed E-state index contributed by atoms with van der Waals surface area (Å²) in [5.41, 5.74) is 0.0438. The van der Waals surface area contributed by atoms with Crippen LogP contribution in [0.1, 0.15) is 65.4 Å². The molecule has 4 unspecified atom stereocenters. The second-order valence-electron chi connectivity index (χ2n) is 14.9. The van der Waals surface area contributed by atoms with Gasteiger partial charge >= 0.3 is 18.2 Å². The van der Waals surface area contributed by atoms with Crippen LogP contribution in [-0.4, -0.2) is 90.8 Å². The molecule has 0 radical (unpaired) electrons. The first-order chi connectivity index (χ1) is 24.8. The third-order valence-corrected chi connectivity index (χ3v) is 10.4. The number of anilines is 2. The molecule has 6 atom stereocenters. The highest BCUT2D eigenvalue weighted by Gasteiger charge is 2.53. The van der Waals surface area contributed by atoms with Gasteiger partial charge in [-0.2, -0.15) is 9.97 Å². The van der Waals surface area contributed by atoms with Crippen LogP contribution in [0.2, 0.25) is 0 Å². The molecule has 4 aromatic rings. The van der Waals surface area contributed by atoms with Crippen LogP contribution in [0.25, 0.3) is 32.9 Å². The first-order valence-electron chi connectivity index (χ1n) is 17.6. The Morgan fingerprint density at radius 2 is 1.92 bits per heavy atom. The standard InChI is InChI=1S/C38H39FN6O7/c1-6-19-9-7-10-20-15-21(40-36(47)52-38(3,4)5)16-23(27(19)20)30-29(39)31-28-33(43-35(42-31)51-26-12-8-11-25(26)46)44-17-22-13-14-24(45(22)37(48)49)32(44)18(2)50-34(28)41-30/h1,7,9-10,15-16,18,22,24-26,32,46H,8,11-14,17H2,2-5H3,(H,40,47)(H,48,49)/t18?,22?,24?,25-,26-,32?/m1/s1. The van der Waals surface area contributed by atoms with Crippen LogP contribution >= 0.6 is 0 Å². The van der Waals surface area contributed by atoms with E-state index in [0.29, 0.717) is 60.1 Å². The summed E-state index contributed by atoms with van der Waals surface area (Å²) >= 11 is 0. The number of pyridine rings is 1. The van der Waals surface area contributed by atoms with E-state index in [2.05, 4.69) is 16.2 Å². The monoisotopic (exact) mass is 710 g/mol. The van der Waals surface area contributed by atoms with Gasteiger partial charge in [0.25, 0.3) is 0 Å². The highest BCUT2D eigenvalue weighted by molar-refractivity contribution is 6.06. The number of halogens is 1. The first-order valence-corrected chi connectivity index (χ1v) is 17.6. The lowest BCUT2D eigenvalue weighted by Crippen LogP contribution is -2.64. The highest BCUT2D eigenvalue weighted by atomic mass is 19.1. The van der Waals surface area contributed by atoms with Gasteiger partial charge in [-0.1, -0.05) is 18.1 Å². The van der Waals surface area contributed by atoms with Crippen molar-refractivity contribution in [2.45, 2.75) is 102 Å². The Hall–Kier alpha value is -5.42. The number of benzene rings is 2. The second kappa shape index (κ2) is 12.4. The first kappa shape index (κ1) is 33.7. The molecule has 0 spiro atoms. The topological polar surface area (TPSA) is 159 Å². The van der Waals surface area contributed by atoms with Crippen molar-refractivity contribution in [1.82, 2.24) is 19.9 Å². The Kier molecular flexibility index (Phi) is 8.02. The zero-order valence-electron chi connectivity index (χ0n) is 29.2. The number of piperazine rings is 1. The predicted molar refractivity (Wildman–Crippen MR) is 190 cm³/mol. The molecule has 52 heavy (non-hydrogen) atoms. The number of aliphatic hydroxyl groups excluding tert-OH is 1. The molecule has 3 fully saturated rings. The molecule has 2 saturated heterocycles. The number of nitrogens with one attached hydrogen (secondary N) is 1. The molecule has 2 aromatic carbocycles. The van der Waals surface area contributed by atoms with Crippen molar-refractivity contribution < 1.29 is 38.4 Å². The zero-order chi connectivity index (χ0) is 36.6. The second-order valence-corrected chi connectivity index (χ2v) is 14.9. The number of nitrogens with zero attached hydrogens (tertiary/aromatic N) is 5. The Morgan fingerprint density at radius 1 is 1.12 bits per heavy atom. The number of rotatable bonds is 4. The van der Waals surface area contributed by atoms with Crippen molar-refractivity contribution in [2.75, 3.05) is 16.8 Å². The minimum Gasteiger partial charge on any atom is -0.472 e. The predicted octanol–water partition coefficient (Wildman–Crippen LogP) is 6.09. The highest BCUT2D eigenvalue weighted by Crippen LogP contribution is 2.47. The summed E-state index contributed by atoms with van der Waals surface area (Å²) < 4.78 is 35.7. The molecule has 14 heteroatoms. The average Bonchev–Trinajstić information content (AvgIpc) is 3.60. The van der Waals surface area contributed by atoms with E-state index in [1.165, 1.54) is 4.90 Å². The number of carbonyl (C=O) groups excluding carboxylic acids is 1. The lowest BCUT2D eigenvalue weighted by Gasteiger charge is -2.47. The number of fused-ring (bicyclic) bond motifs is 6. The van der Waals surface area contributed by atoms with Crippen LogP contribution in [-0.2, 0) is 4.74 Å². The molecule has 3 N–H and O–H groups in total. The summed E-state index contributed by atoms with van der Waals surface area (Å²) in [5.74, 6) is 2.27. The van der Waals surface area contributed by atoms with Crippen LogP contribution in [0, 0.1) is 18.2 Å². The fourth-order valence-electron chi connectivity index (χ4n) is 8.36. The largest absolute Gasteiger partial charge is 0.472 e. The van der Waals surface area contributed by atoms with E-state index >= 15 is 4.39 Å². The maximum Gasteiger partial charge on any atom is 0.412 e. The van der Waals surface area contributed by atoms with E-state index in [4.69, 9.17) is 30.6 Å². The third kappa shape index (κ3) is 5.63. The van der Waals surface area contributed by atoms with E-state index in [9.17, 15) is 19.8 Å². The van der Waals surface area contributed by atoms with Gasteiger partial charge in [0.15, 0.2) is 5.82 Å². The Bertz CT molecular complexity index is 2180. The molecule has 2 amide bonds. The van der Waals surface area contributed by atoms with Crippen molar-refractivity contribution in [3.05, 3.63) is 41.7 Å². The Morgan fingerprint density at radius 3 is 2.63 bits per heavy atom. The number of aliphatic hydroxyl groups is 1. The Balaban J connectivity index is 1.35. The fraction of sp³-hybridized carbons (Fsp3) is 0.447. The van der Waals surface area contributed by atoms with Crippen molar-refractivity contribution in [1.29, 1.82) is 0 Å². The van der Waals surface area contributed by atoms with Crippen molar-refractivity contribution in [3.8, 4) is 35.5 Å². The van der Waals surface area contributed by atoms with Gasteiger partial charge < -0.3 is 29.3 Å². The van der Waals surface area contributed by atoms with E-state index in [1.54, 1.807) is 51.1 Å². The van der Waals surface area contributed by atoms with Crippen molar-refractivity contribution >= 4 is 45.4 Å². The van der Waals surface area contributed by atoms with Crippen LogP contribution in [0.5, 0.6) is 11.9 Å². The maximum absolute atomic E-state index is 17.4. The van der Waals surface area contributed by atoms with Crippen LogP contribution in [0.3, 0.4) is 0 Å². The molecule has 8 rings (SSSR count). The number of carbonyl (C=O) groups is 2. The summed E-state index contributed by atoms with van der Waals surface area (Å²) in [7, 11) is 0. The average molecular weight is 711 g/mol. The smallest absolute Gasteiger partial charge is 0.412 e. The number of terminal acetylenes is 1. The summed E-state index contributed by atoms with van der Waals surface area (Å²) in [6.07, 6.45) is 5.52. The van der Waals surface area contributed by atoms with E-state index in [1.807, 2.05) is 11.8 Å². The van der Waals surface area contributed by atoms with Gasteiger partial charge in [0.1, 0.15) is 40.2 Å². The van der Waals surface area contributed by atoms with Crippen molar-refractivity contribution in [2.24, 2.45) is 0 Å². The maximum atomic E-state index is 17.4. The number of carboxylic acid groups (broad SMARTS) is 1. The molecule has 13 nitrogen and oxygen atoms in total. The van der Waals surface area contributed by atoms with Gasteiger partial charge in [0, 0.05) is 28.7 Å².